The van der Waals surface area contributed by atoms with Crippen LogP contribution in [0.25, 0.3) is 0 Å². The van der Waals surface area contributed by atoms with Crippen molar-refractivity contribution in [3.8, 4) is 0 Å². The first-order valence-corrected chi connectivity index (χ1v) is 18.1. The molecule has 1 amide bonds. The molecule has 9 nitrogen and oxygen atoms in total. The molecular formula is C39H65NO8. The van der Waals surface area contributed by atoms with Gasteiger partial charge in [0.1, 0.15) is 24.4 Å². The van der Waals surface area contributed by atoms with Crippen molar-refractivity contribution in [2.75, 3.05) is 13.2 Å². The molecule has 0 radical (unpaired) electrons. The number of ether oxygens (including phenoxy) is 2. The quantitative estimate of drug-likeness (QED) is 0.0468. The highest BCUT2D eigenvalue weighted by atomic mass is 16.7. The van der Waals surface area contributed by atoms with E-state index in [0.29, 0.717) is 19.3 Å². The molecule has 1 saturated heterocycles. The molecule has 0 aliphatic carbocycles. The van der Waals surface area contributed by atoms with Crippen LogP contribution in [-0.4, -0.2) is 87.5 Å². The van der Waals surface area contributed by atoms with Crippen molar-refractivity contribution in [2.45, 2.75) is 153 Å². The Labute approximate surface area is 289 Å². The van der Waals surface area contributed by atoms with Gasteiger partial charge < -0.3 is 40.3 Å². The molecule has 1 fully saturated rings. The maximum absolute atomic E-state index is 12.7. The fraction of sp³-hybridized carbons (Fsp3) is 0.667. The summed E-state index contributed by atoms with van der Waals surface area (Å²) in [5, 5.41) is 53.5. The van der Waals surface area contributed by atoms with E-state index < -0.39 is 49.5 Å². The molecule has 7 unspecified atom stereocenters. The molecule has 9 heteroatoms. The molecule has 0 saturated carbocycles. The summed E-state index contributed by atoms with van der Waals surface area (Å²) in [5.74, 6) is -0.201. The zero-order valence-corrected chi connectivity index (χ0v) is 29.5. The average molecular weight is 676 g/mol. The van der Waals surface area contributed by atoms with Crippen molar-refractivity contribution < 1.29 is 39.8 Å². The van der Waals surface area contributed by atoms with Crippen LogP contribution in [0.4, 0.5) is 0 Å². The van der Waals surface area contributed by atoms with Crippen LogP contribution in [-0.2, 0) is 14.3 Å². The van der Waals surface area contributed by atoms with Crippen molar-refractivity contribution in [3.63, 3.8) is 0 Å². The average Bonchev–Trinajstić information content (AvgIpc) is 3.08. The van der Waals surface area contributed by atoms with Crippen LogP contribution < -0.4 is 5.32 Å². The SMILES string of the molecule is CC/C=C\C/C=C\C/C=C\C/C=C\C/C=C\C/C=C\CCCCC(=O)NC(COC1OC(CO)C(O)C(O)C1O)C(O)CCCCCC. The van der Waals surface area contributed by atoms with Crippen LogP contribution in [0.3, 0.4) is 0 Å². The first-order valence-electron chi connectivity index (χ1n) is 18.1. The smallest absolute Gasteiger partial charge is 0.220 e. The second-order valence-electron chi connectivity index (χ2n) is 12.3. The van der Waals surface area contributed by atoms with E-state index in [-0.39, 0.29) is 12.5 Å². The Morgan fingerprint density at radius 1 is 0.729 bits per heavy atom. The lowest BCUT2D eigenvalue weighted by Gasteiger charge is -2.40. The van der Waals surface area contributed by atoms with E-state index >= 15 is 0 Å². The highest BCUT2D eigenvalue weighted by Gasteiger charge is 2.44. The predicted molar refractivity (Wildman–Crippen MR) is 193 cm³/mol. The number of allylic oxidation sites excluding steroid dienone is 12. The molecule has 0 aromatic rings. The molecule has 1 heterocycles. The van der Waals surface area contributed by atoms with Gasteiger partial charge in [-0.25, -0.2) is 0 Å². The Bertz CT molecular complexity index is 973. The molecule has 0 bridgehead atoms. The summed E-state index contributed by atoms with van der Waals surface area (Å²) >= 11 is 0. The van der Waals surface area contributed by atoms with Gasteiger partial charge in [-0.3, -0.25) is 4.79 Å². The van der Waals surface area contributed by atoms with E-state index in [0.717, 1.165) is 77.0 Å². The third-order valence-corrected chi connectivity index (χ3v) is 8.07. The van der Waals surface area contributed by atoms with Crippen LogP contribution in [0, 0.1) is 0 Å². The van der Waals surface area contributed by atoms with Crippen LogP contribution in [0.15, 0.2) is 72.9 Å². The van der Waals surface area contributed by atoms with Crippen LogP contribution in [0.5, 0.6) is 0 Å². The number of carbonyl (C=O) groups is 1. The second-order valence-corrected chi connectivity index (χ2v) is 12.3. The zero-order valence-electron chi connectivity index (χ0n) is 29.5. The predicted octanol–water partition coefficient (Wildman–Crippen LogP) is 5.88. The number of unbranched alkanes of at least 4 members (excludes halogenated alkanes) is 5. The molecule has 7 atom stereocenters. The summed E-state index contributed by atoms with van der Waals surface area (Å²) in [6.07, 6.45) is 31.2. The van der Waals surface area contributed by atoms with Crippen LogP contribution in [0.1, 0.15) is 110 Å². The van der Waals surface area contributed by atoms with Gasteiger partial charge in [-0.05, 0) is 64.2 Å². The summed E-state index contributed by atoms with van der Waals surface area (Å²) in [7, 11) is 0. The first kappa shape index (κ1) is 43.7. The van der Waals surface area contributed by atoms with Crippen molar-refractivity contribution in [1.82, 2.24) is 5.32 Å². The number of rotatable bonds is 27. The Balaban J connectivity index is 2.33. The molecule has 48 heavy (non-hydrogen) atoms. The van der Waals surface area contributed by atoms with Gasteiger partial charge in [0.15, 0.2) is 6.29 Å². The summed E-state index contributed by atoms with van der Waals surface area (Å²) in [5.41, 5.74) is 0. The highest BCUT2D eigenvalue weighted by molar-refractivity contribution is 5.76. The van der Waals surface area contributed by atoms with Gasteiger partial charge in [0, 0.05) is 6.42 Å². The van der Waals surface area contributed by atoms with E-state index in [1.807, 2.05) is 0 Å². The van der Waals surface area contributed by atoms with E-state index in [4.69, 9.17) is 9.47 Å². The number of aliphatic hydroxyl groups is 5. The molecule has 0 spiro atoms. The summed E-state index contributed by atoms with van der Waals surface area (Å²) in [4.78, 5) is 12.7. The molecule has 1 aliphatic heterocycles. The normalized spacial score (nSPS) is 23.5. The first-order chi connectivity index (χ1) is 23.3. The number of amides is 1. The van der Waals surface area contributed by atoms with E-state index in [2.05, 4.69) is 92.1 Å². The van der Waals surface area contributed by atoms with Gasteiger partial charge in [0.05, 0.1) is 25.4 Å². The summed E-state index contributed by atoms with van der Waals surface area (Å²) in [6.45, 7) is 3.52. The number of hydrogen-bond donors (Lipinski definition) is 6. The highest BCUT2D eigenvalue weighted by Crippen LogP contribution is 2.22. The molecular weight excluding hydrogens is 610 g/mol. The van der Waals surface area contributed by atoms with Gasteiger partial charge in [-0.1, -0.05) is 112 Å². The number of carbonyl (C=O) groups excluding carboxylic acids is 1. The van der Waals surface area contributed by atoms with Crippen LogP contribution in [0.2, 0.25) is 0 Å². The van der Waals surface area contributed by atoms with Crippen molar-refractivity contribution >= 4 is 5.91 Å². The molecule has 274 valence electrons. The largest absolute Gasteiger partial charge is 0.394 e. The fourth-order valence-corrected chi connectivity index (χ4v) is 5.10. The Kier molecular flexibility index (Phi) is 26.9. The standard InChI is InChI=1S/C39H65NO8/c1-3-5-7-9-10-11-12-13-14-15-16-17-18-19-20-21-22-23-24-25-27-29-35(43)40-32(33(42)28-26-8-6-4-2)31-47-39-38(46)37(45)36(44)34(30-41)48-39/h5,7,10-11,13-14,16-17,19-20,22-23,32-34,36-39,41-42,44-46H,3-4,6,8-9,12,15,18,21,24-31H2,1-2H3,(H,40,43)/b7-5-,11-10-,14-13-,17-16-,20-19-,23-22-. The van der Waals surface area contributed by atoms with Gasteiger partial charge in [0.2, 0.25) is 5.91 Å². The number of nitrogens with one attached hydrogen (secondary N) is 1. The maximum Gasteiger partial charge on any atom is 0.220 e. The van der Waals surface area contributed by atoms with E-state index in [1.54, 1.807) is 0 Å². The minimum atomic E-state index is -1.56. The molecule has 1 rings (SSSR count). The van der Waals surface area contributed by atoms with E-state index in [1.165, 1.54) is 0 Å². The lowest BCUT2D eigenvalue weighted by atomic mass is 9.99. The second kappa shape index (κ2) is 29.5. The van der Waals surface area contributed by atoms with Gasteiger partial charge >= 0.3 is 0 Å². The van der Waals surface area contributed by atoms with Crippen molar-refractivity contribution in [1.29, 1.82) is 0 Å². The lowest BCUT2D eigenvalue weighted by molar-refractivity contribution is -0.302. The third kappa shape index (κ3) is 20.9. The summed E-state index contributed by atoms with van der Waals surface area (Å²) < 4.78 is 11.1. The molecule has 1 aliphatic rings. The van der Waals surface area contributed by atoms with E-state index in [9.17, 15) is 30.3 Å². The van der Waals surface area contributed by atoms with Crippen LogP contribution >= 0.6 is 0 Å². The summed E-state index contributed by atoms with van der Waals surface area (Å²) in [6, 6.07) is -0.741. The molecule has 0 aromatic heterocycles. The number of hydrogen-bond acceptors (Lipinski definition) is 8. The number of aliphatic hydroxyl groups excluding tert-OH is 5. The van der Waals surface area contributed by atoms with Crippen molar-refractivity contribution in [2.24, 2.45) is 0 Å². The molecule has 0 aromatic carbocycles. The Hall–Kier alpha value is -2.37. The van der Waals surface area contributed by atoms with Crippen molar-refractivity contribution in [3.05, 3.63) is 72.9 Å². The zero-order chi connectivity index (χ0) is 35.2. The Morgan fingerprint density at radius 2 is 1.29 bits per heavy atom. The maximum atomic E-state index is 12.7. The Morgan fingerprint density at radius 3 is 1.83 bits per heavy atom. The monoisotopic (exact) mass is 675 g/mol. The third-order valence-electron chi connectivity index (χ3n) is 8.07. The molecule has 6 N–H and O–H groups in total. The van der Waals surface area contributed by atoms with Gasteiger partial charge in [-0.2, -0.15) is 0 Å². The van der Waals surface area contributed by atoms with Gasteiger partial charge in [-0.15, -0.1) is 0 Å². The minimum Gasteiger partial charge on any atom is -0.394 e. The fourth-order valence-electron chi connectivity index (χ4n) is 5.10. The lowest BCUT2D eigenvalue weighted by Crippen LogP contribution is -2.60. The minimum absolute atomic E-state index is 0.165. The topological polar surface area (TPSA) is 149 Å². The van der Waals surface area contributed by atoms with Gasteiger partial charge in [0.25, 0.3) is 0 Å².